The van der Waals surface area contributed by atoms with E-state index in [1.54, 1.807) is 0 Å². The van der Waals surface area contributed by atoms with Crippen LogP contribution < -0.4 is 20.7 Å². The molecule has 0 saturated heterocycles. The Morgan fingerprint density at radius 1 is 0.929 bits per heavy atom. The van der Waals surface area contributed by atoms with Gasteiger partial charge in [0.05, 0.1) is 5.69 Å². The Hall–Kier alpha value is -3.80. The molecule has 5 rings (SSSR count). The zero-order valence-corrected chi connectivity index (χ0v) is 15.4. The van der Waals surface area contributed by atoms with Crippen molar-refractivity contribution in [2.75, 3.05) is 22.7 Å². The first-order chi connectivity index (χ1) is 13.7. The first kappa shape index (κ1) is 16.4. The topological polar surface area (TPSA) is 71.1 Å². The highest BCUT2D eigenvalue weighted by atomic mass is 16.5. The van der Waals surface area contributed by atoms with Gasteiger partial charge in [0, 0.05) is 23.1 Å². The summed E-state index contributed by atoms with van der Waals surface area (Å²) < 4.78 is 5.47. The van der Waals surface area contributed by atoms with Gasteiger partial charge in [-0.15, -0.1) is 0 Å². The number of nitrogens with zero attached hydrogens (tertiary/aromatic N) is 2. The normalized spacial score (nSPS) is 12.2. The standard InChI is InChI=1S/C22H19N5O/c1-14-12-23-22(26-17-7-6-15-4-2-3-5-16(15)10-17)27-21(14)25-18-8-9-20-19(11-18)24-13-28-20/h2-12,24H,13H2,1H3,(H2,23,25,26,27). The number of anilines is 5. The molecule has 138 valence electrons. The number of fused-ring (bicyclic) bond motifs is 2. The van der Waals surface area contributed by atoms with Crippen molar-refractivity contribution in [1.29, 1.82) is 0 Å². The Bertz CT molecular complexity index is 1170. The maximum absolute atomic E-state index is 5.47. The highest BCUT2D eigenvalue weighted by Gasteiger charge is 2.12. The Kier molecular flexibility index (Phi) is 3.94. The number of hydrogen-bond donors (Lipinski definition) is 3. The van der Waals surface area contributed by atoms with Crippen molar-refractivity contribution in [1.82, 2.24) is 9.97 Å². The van der Waals surface area contributed by atoms with E-state index in [0.29, 0.717) is 12.7 Å². The molecule has 0 bridgehead atoms. The smallest absolute Gasteiger partial charge is 0.229 e. The van der Waals surface area contributed by atoms with Gasteiger partial charge < -0.3 is 20.7 Å². The van der Waals surface area contributed by atoms with Crippen LogP contribution in [0.25, 0.3) is 10.8 Å². The number of aryl methyl sites for hydroxylation is 1. The molecular weight excluding hydrogens is 350 g/mol. The fourth-order valence-corrected chi connectivity index (χ4v) is 3.23. The molecule has 0 fully saturated rings. The van der Waals surface area contributed by atoms with Crippen LogP contribution in [0.3, 0.4) is 0 Å². The molecule has 1 aromatic heterocycles. The van der Waals surface area contributed by atoms with Crippen molar-refractivity contribution in [3.63, 3.8) is 0 Å². The maximum atomic E-state index is 5.47. The van der Waals surface area contributed by atoms with Crippen LogP contribution >= 0.6 is 0 Å². The van der Waals surface area contributed by atoms with Crippen molar-refractivity contribution in [2.24, 2.45) is 0 Å². The van der Waals surface area contributed by atoms with Crippen LogP contribution in [0, 0.1) is 6.92 Å². The summed E-state index contributed by atoms with van der Waals surface area (Å²) in [7, 11) is 0. The first-order valence-corrected chi connectivity index (χ1v) is 9.12. The third kappa shape index (κ3) is 3.16. The predicted octanol–water partition coefficient (Wildman–Crippen LogP) is 5.19. The number of hydrogen-bond acceptors (Lipinski definition) is 6. The molecule has 0 unspecified atom stereocenters. The molecule has 0 spiro atoms. The second kappa shape index (κ2) is 6.74. The average molecular weight is 369 g/mol. The van der Waals surface area contributed by atoms with Crippen molar-refractivity contribution >= 4 is 39.6 Å². The molecule has 1 aliphatic heterocycles. The summed E-state index contributed by atoms with van der Waals surface area (Å²) in [5.41, 5.74) is 3.84. The average Bonchev–Trinajstić information content (AvgIpc) is 3.18. The van der Waals surface area contributed by atoms with Gasteiger partial charge in [-0.1, -0.05) is 30.3 Å². The van der Waals surface area contributed by atoms with Crippen LogP contribution in [0.5, 0.6) is 5.75 Å². The van der Waals surface area contributed by atoms with E-state index >= 15 is 0 Å². The zero-order valence-electron chi connectivity index (χ0n) is 15.4. The first-order valence-electron chi connectivity index (χ1n) is 9.12. The minimum absolute atomic E-state index is 0.505. The van der Waals surface area contributed by atoms with Crippen molar-refractivity contribution in [2.45, 2.75) is 6.92 Å². The van der Waals surface area contributed by atoms with Crippen molar-refractivity contribution in [3.8, 4) is 5.75 Å². The Balaban J connectivity index is 1.40. The minimum atomic E-state index is 0.505. The second-order valence-electron chi connectivity index (χ2n) is 6.71. The van der Waals surface area contributed by atoms with Crippen LogP contribution in [0.4, 0.5) is 28.8 Å². The molecule has 6 nitrogen and oxygen atoms in total. The lowest BCUT2D eigenvalue weighted by Gasteiger charge is -2.12. The molecule has 0 aliphatic carbocycles. The monoisotopic (exact) mass is 369 g/mol. The lowest BCUT2D eigenvalue weighted by molar-refractivity contribution is 0.372. The van der Waals surface area contributed by atoms with Crippen molar-refractivity contribution in [3.05, 3.63) is 72.4 Å². The Labute approximate surface area is 162 Å². The summed E-state index contributed by atoms with van der Waals surface area (Å²) >= 11 is 0. The van der Waals surface area contributed by atoms with E-state index in [1.807, 2.05) is 49.5 Å². The molecule has 4 aromatic rings. The summed E-state index contributed by atoms with van der Waals surface area (Å²) in [4.78, 5) is 9.07. The molecule has 2 heterocycles. The zero-order chi connectivity index (χ0) is 18.9. The van der Waals surface area contributed by atoms with Gasteiger partial charge in [0.1, 0.15) is 11.6 Å². The highest BCUT2D eigenvalue weighted by molar-refractivity contribution is 5.86. The molecule has 3 aromatic carbocycles. The number of rotatable bonds is 4. The molecule has 6 heteroatoms. The summed E-state index contributed by atoms with van der Waals surface area (Å²) in [6, 6.07) is 20.4. The number of aromatic nitrogens is 2. The van der Waals surface area contributed by atoms with Gasteiger partial charge in [-0.25, -0.2) is 4.98 Å². The Morgan fingerprint density at radius 3 is 2.68 bits per heavy atom. The molecular formula is C22H19N5O. The van der Waals surface area contributed by atoms with Gasteiger partial charge >= 0.3 is 0 Å². The van der Waals surface area contributed by atoms with E-state index in [-0.39, 0.29) is 0 Å². The molecule has 3 N–H and O–H groups in total. The maximum Gasteiger partial charge on any atom is 0.229 e. The number of ether oxygens (including phenoxy) is 1. The van der Waals surface area contributed by atoms with Gasteiger partial charge in [-0.05, 0) is 48.0 Å². The second-order valence-corrected chi connectivity index (χ2v) is 6.71. The highest BCUT2D eigenvalue weighted by Crippen LogP contribution is 2.33. The summed E-state index contributed by atoms with van der Waals surface area (Å²) in [5, 5.41) is 12.2. The van der Waals surface area contributed by atoms with Crippen LogP contribution in [-0.2, 0) is 0 Å². The van der Waals surface area contributed by atoms with Crippen LogP contribution in [0.1, 0.15) is 5.56 Å². The molecule has 0 amide bonds. The lowest BCUT2D eigenvalue weighted by atomic mass is 10.1. The molecule has 0 atom stereocenters. The molecule has 28 heavy (non-hydrogen) atoms. The van der Waals surface area contributed by atoms with Crippen LogP contribution in [0.15, 0.2) is 66.9 Å². The van der Waals surface area contributed by atoms with Gasteiger partial charge in [-0.2, -0.15) is 4.98 Å². The largest absolute Gasteiger partial charge is 0.471 e. The summed E-state index contributed by atoms with van der Waals surface area (Å²) in [6.07, 6.45) is 1.81. The van der Waals surface area contributed by atoms with Crippen LogP contribution in [0.2, 0.25) is 0 Å². The predicted molar refractivity (Wildman–Crippen MR) is 113 cm³/mol. The summed E-state index contributed by atoms with van der Waals surface area (Å²) in [6.45, 7) is 2.49. The van der Waals surface area contributed by atoms with E-state index < -0.39 is 0 Å². The SMILES string of the molecule is Cc1cnc(Nc2ccc3ccccc3c2)nc1Nc1ccc2c(c1)NCO2. The van der Waals surface area contributed by atoms with E-state index in [9.17, 15) is 0 Å². The third-order valence-corrected chi connectivity index (χ3v) is 4.71. The quantitative estimate of drug-likeness (QED) is 0.460. The molecule has 0 saturated carbocycles. The van der Waals surface area contributed by atoms with E-state index in [4.69, 9.17) is 4.74 Å². The fraction of sp³-hybridized carbons (Fsp3) is 0.0909. The molecule has 0 radical (unpaired) electrons. The van der Waals surface area contributed by atoms with Crippen molar-refractivity contribution < 1.29 is 4.74 Å². The third-order valence-electron chi connectivity index (χ3n) is 4.71. The van der Waals surface area contributed by atoms with Gasteiger partial charge in [-0.3, -0.25) is 0 Å². The van der Waals surface area contributed by atoms with Gasteiger partial charge in [0.15, 0.2) is 6.73 Å². The number of nitrogens with one attached hydrogen (secondary N) is 3. The van der Waals surface area contributed by atoms with Gasteiger partial charge in [0.25, 0.3) is 0 Å². The minimum Gasteiger partial charge on any atom is -0.471 e. The fourth-order valence-electron chi connectivity index (χ4n) is 3.23. The van der Waals surface area contributed by atoms with Gasteiger partial charge in [0.2, 0.25) is 5.95 Å². The van der Waals surface area contributed by atoms with E-state index in [1.165, 1.54) is 10.8 Å². The van der Waals surface area contributed by atoms with E-state index in [2.05, 4.69) is 50.2 Å². The molecule has 1 aliphatic rings. The number of benzene rings is 3. The van der Waals surface area contributed by atoms with Crippen LogP contribution in [-0.4, -0.2) is 16.7 Å². The van der Waals surface area contributed by atoms with E-state index in [0.717, 1.165) is 34.2 Å². The Morgan fingerprint density at radius 2 is 1.75 bits per heavy atom. The summed E-state index contributed by atoms with van der Waals surface area (Å²) in [5.74, 6) is 2.17. The lowest BCUT2D eigenvalue weighted by Crippen LogP contribution is -2.03.